The zero-order chi connectivity index (χ0) is 13.8. The summed E-state index contributed by atoms with van der Waals surface area (Å²) in [4.78, 5) is 19.7. The molecule has 0 saturated carbocycles. The Morgan fingerprint density at radius 1 is 1.44 bits per heavy atom. The van der Waals surface area contributed by atoms with Crippen molar-refractivity contribution in [3.05, 3.63) is 11.9 Å². The lowest BCUT2D eigenvalue weighted by atomic mass is 9.93. The Morgan fingerprint density at radius 2 is 2.11 bits per heavy atom. The first kappa shape index (κ1) is 14.2. The molecule has 5 N–H and O–H groups in total. The lowest BCUT2D eigenvalue weighted by molar-refractivity contribution is -0.125. The van der Waals surface area contributed by atoms with E-state index in [-0.39, 0.29) is 5.91 Å². The van der Waals surface area contributed by atoms with Gasteiger partial charge in [0.05, 0.1) is 5.41 Å². The van der Waals surface area contributed by atoms with Crippen LogP contribution < -0.4 is 16.8 Å². The van der Waals surface area contributed by atoms with Crippen molar-refractivity contribution in [2.24, 2.45) is 11.1 Å². The van der Waals surface area contributed by atoms with E-state index in [1.165, 1.54) is 0 Å². The summed E-state index contributed by atoms with van der Waals surface area (Å²) < 4.78 is 0. The number of amides is 1. The molecule has 0 aliphatic rings. The number of hydrogen-bond donors (Lipinski definition) is 3. The maximum absolute atomic E-state index is 11.2. The lowest BCUT2D eigenvalue weighted by Gasteiger charge is -2.21. The minimum absolute atomic E-state index is 0.356. The van der Waals surface area contributed by atoms with Gasteiger partial charge in [-0.2, -0.15) is 0 Å². The molecule has 0 aliphatic heterocycles. The predicted octanol–water partition coefficient (Wildman–Crippen LogP) is 0.935. The van der Waals surface area contributed by atoms with Crippen LogP contribution in [0.1, 0.15) is 33.0 Å². The third kappa shape index (κ3) is 3.87. The highest BCUT2D eigenvalue weighted by Gasteiger charge is 2.24. The number of primary amides is 1. The van der Waals surface area contributed by atoms with Crippen molar-refractivity contribution in [2.75, 3.05) is 17.6 Å². The molecule has 1 heterocycles. The number of anilines is 2. The highest BCUT2D eigenvalue weighted by atomic mass is 16.1. The van der Waals surface area contributed by atoms with E-state index in [1.807, 2.05) is 0 Å². The summed E-state index contributed by atoms with van der Waals surface area (Å²) in [6.45, 7) is 6.01. The number of rotatable bonds is 6. The molecule has 6 heteroatoms. The second-order valence-corrected chi connectivity index (χ2v) is 4.95. The number of aryl methyl sites for hydroxylation is 1. The van der Waals surface area contributed by atoms with Gasteiger partial charge in [0.2, 0.25) is 5.91 Å². The van der Waals surface area contributed by atoms with Crippen molar-refractivity contribution >= 4 is 17.5 Å². The van der Waals surface area contributed by atoms with Gasteiger partial charge in [0, 0.05) is 19.0 Å². The minimum atomic E-state index is -0.634. The second-order valence-electron chi connectivity index (χ2n) is 4.95. The van der Waals surface area contributed by atoms with Gasteiger partial charge in [0.15, 0.2) is 0 Å². The van der Waals surface area contributed by atoms with Gasteiger partial charge >= 0.3 is 0 Å². The average Bonchev–Trinajstić information content (AvgIpc) is 2.26. The quantitative estimate of drug-likeness (QED) is 0.697. The van der Waals surface area contributed by atoms with Crippen LogP contribution in [0.3, 0.4) is 0 Å². The van der Waals surface area contributed by atoms with Crippen LogP contribution in [0.25, 0.3) is 0 Å². The molecule has 18 heavy (non-hydrogen) atoms. The van der Waals surface area contributed by atoms with Crippen LogP contribution in [-0.4, -0.2) is 22.4 Å². The summed E-state index contributed by atoms with van der Waals surface area (Å²) >= 11 is 0. The van der Waals surface area contributed by atoms with Crippen molar-refractivity contribution in [2.45, 2.75) is 33.6 Å². The third-order valence-corrected chi connectivity index (χ3v) is 2.64. The number of nitrogens with zero attached hydrogens (tertiary/aromatic N) is 2. The fraction of sp³-hybridized carbons (Fsp3) is 0.583. The number of hydrogen-bond acceptors (Lipinski definition) is 5. The Labute approximate surface area is 107 Å². The molecule has 0 aromatic carbocycles. The van der Waals surface area contributed by atoms with Crippen LogP contribution in [-0.2, 0) is 11.2 Å². The molecule has 6 nitrogen and oxygen atoms in total. The predicted molar refractivity (Wildman–Crippen MR) is 71.9 cm³/mol. The zero-order valence-electron chi connectivity index (χ0n) is 11.2. The van der Waals surface area contributed by atoms with Crippen molar-refractivity contribution in [3.8, 4) is 0 Å². The Kier molecular flexibility index (Phi) is 4.47. The van der Waals surface area contributed by atoms with Crippen molar-refractivity contribution in [1.82, 2.24) is 9.97 Å². The largest absolute Gasteiger partial charge is 0.384 e. The fourth-order valence-corrected chi connectivity index (χ4v) is 1.34. The summed E-state index contributed by atoms with van der Waals surface area (Å²) in [5, 5.41) is 3.07. The van der Waals surface area contributed by atoms with Crippen LogP contribution in [0.4, 0.5) is 11.6 Å². The summed E-state index contributed by atoms with van der Waals surface area (Å²) in [5.74, 6) is 1.40. The molecular formula is C12H21N5O. The van der Waals surface area contributed by atoms with Gasteiger partial charge in [-0.15, -0.1) is 0 Å². The smallest absolute Gasteiger partial charge is 0.224 e. The van der Waals surface area contributed by atoms with Crippen LogP contribution in [0.15, 0.2) is 6.07 Å². The number of nitrogens with two attached hydrogens (primary N) is 2. The highest BCUT2D eigenvalue weighted by molar-refractivity contribution is 5.80. The van der Waals surface area contributed by atoms with Gasteiger partial charge in [-0.05, 0) is 20.3 Å². The lowest BCUT2D eigenvalue weighted by Crippen LogP contribution is -2.37. The topological polar surface area (TPSA) is 107 Å². The molecule has 0 saturated heterocycles. The molecule has 1 aromatic rings. The maximum Gasteiger partial charge on any atom is 0.224 e. The molecule has 1 amide bonds. The van der Waals surface area contributed by atoms with Crippen LogP contribution in [0, 0.1) is 5.41 Å². The van der Waals surface area contributed by atoms with E-state index < -0.39 is 5.41 Å². The number of carbonyl (C=O) groups is 1. The summed E-state index contributed by atoms with van der Waals surface area (Å²) in [5.41, 5.74) is 10.4. The number of aromatic nitrogens is 2. The SMILES string of the molecule is CCCc1nc(N)cc(NCC(C)(C)C(N)=O)n1. The summed E-state index contributed by atoms with van der Waals surface area (Å²) in [6.07, 6.45) is 1.73. The van der Waals surface area contributed by atoms with Crippen LogP contribution in [0.5, 0.6) is 0 Å². The number of carbonyl (C=O) groups excluding carboxylic acids is 1. The first-order chi connectivity index (χ1) is 8.35. The first-order valence-corrected chi connectivity index (χ1v) is 6.02. The molecule has 0 fully saturated rings. The third-order valence-electron chi connectivity index (χ3n) is 2.64. The zero-order valence-corrected chi connectivity index (χ0v) is 11.2. The molecule has 0 atom stereocenters. The Morgan fingerprint density at radius 3 is 2.67 bits per heavy atom. The fourth-order valence-electron chi connectivity index (χ4n) is 1.34. The Balaban J connectivity index is 2.76. The van der Waals surface area contributed by atoms with E-state index in [1.54, 1.807) is 19.9 Å². The molecule has 100 valence electrons. The molecule has 0 unspecified atom stereocenters. The van der Waals surface area contributed by atoms with Gasteiger partial charge in [-0.1, -0.05) is 6.92 Å². The van der Waals surface area contributed by atoms with Crippen LogP contribution in [0.2, 0.25) is 0 Å². The summed E-state index contributed by atoms with van der Waals surface area (Å²) in [7, 11) is 0. The van der Waals surface area contributed by atoms with Gasteiger partial charge in [0.25, 0.3) is 0 Å². The Bertz CT molecular complexity index is 430. The van der Waals surface area contributed by atoms with Crippen molar-refractivity contribution in [3.63, 3.8) is 0 Å². The molecule has 1 rings (SSSR count). The normalized spacial score (nSPS) is 11.3. The monoisotopic (exact) mass is 251 g/mol. The molecular weight excluding hydrogens is 230 g/mol. The summed E-state index contributed by atoms with van der Waals surface area (Å²) in [6, 6.07) is 1.65. The number of nitrogen functional groups attached to an aromatic ring is 1. The van der Waals surface area contributed by atoms with Crippen molar-refractivity contribution < 1.29 is 4.79 Å². The van der Waals surface area contributed by atoms with E-state index in [4.69, 9.17) is 11.5 Å². The minimum Gasteiger partial charge on any atom is -0.384 e. The average molecular weight is 251 g/mol. The molecule has 0 bridgehead atoms. The standard InChI is InChI=1S/C12H21N5O/c1-4-5-9-16-8(13)6-10(17-9)15-7-12(2,3)11(14)18/h6H,4-5,7H2,1-3H3,(H2,14,18)(H3,13,15,16,17). The van der Waals surface area contributed by atoms with Crippen molar-refractivity contribution in [1.29, 1.82) is 0 Å². The van der Waals surface area contributed by atoms with Gasteiger partial charge in [-0.25, -0.2) is 9.97 Å². The second kappa shape index (κ2) is 5.66. The Hall–Kier alpha value is -1.85. The van der Waals surface area contributed by atoms with E-state index in [2.05, 4.69) is 22.2 Å². The first-order valence-electron chi connectivity index (χ1n) is 6.02. The molecule has 0 spiro atoms. The molecule has 0 radical (unpaired) electrons. The molecule has 1 aromatic heterocycles. The van der Waals surface area contributed by atoms with Gasteiger partial charge < -0.3 is 16.8 Å². The van der Waals surface area contributed by atoms with E-state index in [9.17, 15) is 4.79 Å². The van der Waals surface area contributed by atoms with E-state index in [0.717, 1.165) is 12.8 Å². The number of nitrogens with one attached hydrogen (secondary N) is 1. The highest BCUT2D eigenvalue weighted by Crippen LogP contribution is 2.16. The van der Waals surface area contributed by atoms with E-state index in [0.29, 0.717) is 24.0 Å². The van der Waals surface area contributed by atoms with E-state index >= 15 is 0 Å². The van der Waals surface area contributed by atoms with Gasteiger partial charge in [-0.3, -0.25) is 4.79 Å². The maximum atomic E-state index is 11.2. The van der Waals surface area contributed by atoms with Crippen LogP contribution >= 0.6 is 0 Å². The molecule has 0 aliphatic carbocycles. The van der Waals surface area contributed by atoms with Gasteiger partial charge in [0.1, 0.15) is 17.5 Å².